The summed E-state index contributed by atoms with van der Waals surface area (Å²) in [5, 5.41) is 0. The van der Waals surface area contributed by atoms with Crippen molar-refractivity contribution in [2.75, 3.05) is 7.11 Å². The van der Waals surface area contributed by atoms with Crippen LogP contribution in [-0.2, 0) is 19.7 Å². The number of esters is 1. The SMILES string of the molecule is COC(=O)C12CC(=O)CC(C)(C)C1=CC(=O)c1ccccc12. The van der Waals surface area contributed by atoms with Gasteiger partial charge in [-0.05, 0) is 22.6 Å². The lowest BCUT2D eigenvalue weighted by molar-refractivity contribution is -0.150. The molecule has 1 unspecified atom stereocenters. The van der Waals surface area contributed by atoms with E-state index in [-0.39, 0.29) is 18.0 Å². The summed E-state index contributed by atoms with van der Waals surface area (Å²) in [7, 11) is 1.32. The normalized spacial score (nSPS) is 25.9. The number of rotatable bonds is 1. The molecule has 1 aromatic carbocycles. The van der Waals surface area contributed by atoms with Crippen molar-refractivity contribution >= 4 is 17.5 Å². The molecular weight excluding hydrogens is 280 g/mol. The van der Waals surface area contributed by atoms with Crippen LogP contribution in [0.25, 0.3) is 0 Å². The molecule has 0 spiro atoms. The Balaban J connectivity index is 2.37. The number of allylic oxidation sites excluding steroid dienone is 1. The third-order valence-electron chi connectivity index (χ3n) is 4.75. The lowest BCUT2D eigenvalue weighted by atomic mass is 9.54. The molecule has 0 radical (unpaired) electrons. The zero-order chi connectivity index (χ0) is 16.1. The van der Waals surface area contributed by atoms with Gasteiger partial charge < -0.3 is 4.74 Å². The maximum Gasteiger partial charge on any atom is 0.320 e. The van der Waals surface area contributed by atoms with Crippen molar-refractivity contribution in [2.45, 2.75) is 32.1 Å². The Morgan fingerprint density at radius 1 is 1.14 bits per heavy atom. The summed E-state index contributed by atoms with van der Waals surface area (Å²) in [5.74, 6) is -0.580. The molecule has 1 saturated carbocycles. The second-order valence-corrected chi connectivity index (χ2v) is 6.64. The minimum atomic E-state index is -1.17. The Hall–Kier alpha value is -2.23. The van der Waals surface area contributed by atoms with E-state index in [0.29, 0.717) is 23.1 Å². The van der Waals surface area contributed by atoms with Crippen LogP contribution in [0.15, 0.2) is 35.9 Å². The zero-order valence-electron chi connectivity index (χ0n) is 12.9. The molecule has 3 rings (SSSR count). The van der Waals surface area contributed by atoms with Gasteiger partial charge in [0.1, 0.15) is 11.2 Å². The van der Waals surface area contributed by atoms with E-state index in [2.05, 4.69) is 0 Å². The van der Waals surface area contributed by atoms with Crippen LogP contribution in [0.3, 0.4) is 0 Å². The molecule has 4 nitrogen and oxygen atoms in total. The van der Waals surface area contributed by atoms with Crippen LogP contribution in [0.5, 0.6) is 0 Å². The first kappa shape index (κ1) is 14.7. The second kappa shape index (κ2) is 4.63. The Labute approximate surface area is 129 Å². The molecule has 0 saturated heterocycles. The van der Waals surface area contributed by atoms with Crippen molar-refractivity contribution in [3.63, 3.8) is 0 Å². The summed E-state index contributed by atoms with van der Waals surface area (Å²) in [6.45, 7) is 3.80. The van der Waals surface area contributed by atoms with Crippen molar-refractivity contribution in [1.29, 1.82) is 0 Å². The molecule has 0 aromatic heterocycles. The Morgan fingerprint density at radius 3 is 2.50 bits per heavy atom. The number of fused-ring (bicyclic) bond motifs is 3. The van der Waals surface area contributed by atoms with Crippen LogP contribution in [0.1, 0.15) is 42.6 Å². The average Bonchev–Trinajstić information content (AvgIpc) is 2.47. The van der Waals surface area contributed by atoms with Gasteiger partial charge in [-0.15, -0.1) is 0 Å². The van der Waals surface area contributed by atoms with Crippen LogP contribution in [-0.4, -0.2) is 24.6 Å². The van der Waals surface area contributed by atoms with Crippen molar-refractivity contribution in [3.8, 4) is 0 Å². The highest BCUT2D eigenvalue weighted by molar-refractivity contribution is 6.13. The molecule has 0 N–H and O–H groups in total. The molecule has 0 heterocycles. The van der Waals surface area contributed by atoms with E-state index in [9.17, 15) is 14.4 Å². The Morgan fingerprint density at radius 2 is 1.82 bits per heavy atom. The first-order valence-electron chi connectivity index (χ1n) is 7.29. The molecule has 114 valence electrons. The standard InChI is InChI=1S/C18H18O4/c1-17(2)9-11(19)10-18(16(21)22-3)13-7-5-4-6-12(13)14(20)8-15(17)18/h4-8H,9-10H2,1-3H3. The number of methoxy groups -OCH3 is 1. The first-order chi connectivity index (χ1) is 10.3. The molecule has 22 heavy (non-hydrogen) atoms. The fourth-order valence-corrected chi connectivity index (χ4v) is 3.92. The number of hydrogen-bond donors (Lipinski definition) is 0. The van der Waals surface area contributed by atoms with Crippen LogP contribution in [0.4, 0.5) is 0 Å². The van der Waals surface area contributed by atoms with Gasteiger partial charge in [0.05, 0.1) is 7.11 Å². The lowest BCUT2D eigenvalue weighted by Crippen LogP contribution is -2.51. The van der Waals surface area contributed by atoms with Gasteiger partial charge in [-0.1, -0.05) is 38.1 Å². The summed E-state index contributed by atoms with van der Waals surface area (Å²) in [6, 6.07) is 7.00. The van der Waals surface area contributed by atoms with E-state index < -0.39 is 16.8 Å². The van der Waals surface area contributed by atoms with Gasteiger partial charge in [-0.25, -0.2) is 0 Å². The molecule has 0 bridgehead atoms. The van der Waals surface area contributed by atoms with Crippen LogP contribution in [0.2, 0.25) is 0 Å². The highest BCUT2D eigenvalue weighted by Gasteiger charge is 2.57. The maximum absolute atomic E-state index is 12.7. The van der Waals surface area contributed by atoms with Gasteiger partial charge in [0.2, 0.25) is 0 Å². The monoisotopic (exact) mass is 298 g/mol. The topological polar surface area (TPSA) is 60.4 Å². The molecule has 1 aromatic rings. The summed E-state index contributed by atoms with van der Waals surface area (Å²) in [5.41, 5.74) is 0.0351. The fraction of sp³-hybridized carbons (Fsp3) is 0.389. The molecular formula is C18H18O4. The smallest absolute Gasteiger partial charge is 0.320 e. The summed E-state index contributed by atoms with van der Waals surface area (Å²) < 4.78 is 5.04. The number of Topliss-reactive ketones (excluding diaryl/α,β-unsaturated/α-hetero) is 1. The summed E-state index contributed by atoms with van der Waals surface area (Å²) in [6.07, 6.45) is 1.91. The predicted octanol–water partition coefficient (Wildman–Crippen LogP) is 2.61. The molecule has 0 aliphatic heterocycles. The van der Waals surface area contributed by atoms with E-state index in [4.69, 9.17) is 4.74 Å². The average molecular weight is 298 g/mol. The van der Waals surface area contributed by atoms with Gasteiger partial charge in [0, 0.05) is 18.4 Å². The van der Waals surface area contributed by atoms with E-state index in [1.54, 1.807) is 24.3 Å². The predicted molar refractivity (Wildman–Crippen MR) is 80.6 cm³/mol. The minimum absolute atomic E-state index is 0.0108. The van der Waals surface area contributed by atoms with Crippen LogP contribution >= 0.6 is 0 Å². The van der Waals surface area contributed by atoms with Crippen LogP contribution < -0.4 is 0 Å². The van der Waals surface area contributed by atoms with Crippen molar-refractivity contribution < 1.29 is 19.1 Å². The quantitative estimate of drug-likeness (QED) is 0.748. The number of benzene rings is 1. The van der Waals surface area contributed by atoms with E-state index in [1.165, 1.54) is 13.2 Å². The van der Waals surface area contributed by atoms with Gasteiger partial charge in [-0.2, -0.15) is 0 Å². The number of carbonyl (C=O) groups excluding carboxylic acids is 3. The zero-order valence-corrected chi connectivity index (χ0v) is 12.9. The Bertz CT molecular complexity index is 726. The van der Waals surface area contributed by atoms with E-state index >= 15 is 0 Å². The molecule has 2 aliphatic rings. The number of carbonyl (C=O) groups is 3. The highest BCUT2D eigenvalue weighted by atomic mass is 16.5. The molecule has 1 fully saturated rings. The third-order valence-corrected chi connectivity index (χ3v) is 4.75. The van der Waals surface area contributed by atoms with Gasteiger partial charge in [0.25, 0.3) is 0 Å². The summed E-state index contributed by atoms with van der Waals surface area (Å²) in [4.78, 5) is 37.5. The molecule has 0 amide bonds. The molecule has 1 atom stereocenters. The number of ketones is 2. The molecule has 4 heteroatoms. The number of ether oxygens (including phenoxy) is 1. The van der Waals surface area contributed by atoms with Gasteiger partial charge >= 0.3 is 5.97 Å². The second-order valence-electron chi connectivity index (χ2n) is 6.64. The lowest BCUT2D eigenvalue weighted by Gasteiger charge is -2.47. The van der Waals surface area contributed by atoms with Crippen molar-refractivity contribution in [1.82, 2.24) is 0 Å². The first-order valence-corrected chi connectivity index (χ1v) is 7.29. The minimum Gasteiger partial charge on any atom is -0.468 e. The third kappa shape index (κ3) is 1.79. The van der Waals surface area contributed by atoms with Crippen molar-refractivity contribution in [3.05, 3.63) is 47.0 Å². The number of hydrogen-bond acceptors (Lipinski definition) is 4. The van der Waals surface area contributed by atoms with E-state index in [0.717, 1.165) is 0 Å². The van der Waals surface area contributed by atoms with Crippen LogP contribution in [0, 0.1) is 5.41 Å². The highest BCUT2D eigenvalue weighted by Crippen LogP contribution is 2.54. The van der Waals surface area contributed by atoms with Crippen molar-refractivity contribution in [2.24, 2.45) is 5.41 Å². The molecule has 2 aliphatic carbocycles. The largest absolute Gasteiger partial charge is 0.468 e. The fourth-order valence-electron chi connectivity index (χ4n) is 3.92. The van der Waals surface area contributed by atoms with Gasteiger partial charge in [0.15, 0.2) is 5.78 Å². The maximum atomic E-state index is 12.7. The van der Waals surface area contributed by atoms with E-state index in [1.807, 2.05) is 13.8 Å². The Kier molecular flexibility index (Phi) is 3.09. The van der Waals surface area contributed by atoms with Gasteiger partial charge in [-0.3, -0.25) is 14.4 Å². The summed E-state index contributed by atoms with van der Waals surface area (Å²) >= 11 is 0.